The summed E-state index contributed by atoms with van der Waals surface area (Å²) in [5.74, 6) is 0.303. The summed E-state index contributed by atoms with van der Waals surface area (Å²) in [6, 6.07) is 12.4. The van der Waals surface area contributed by atoms with Gasteiger partial charge in [0.15, 0.2) is 0 Å². The zero-order valence-corrected chi connectivity index (χ0v) is 15.4. The number of halogens is 1. The van der Waals surface area contributed by atoms with Gasteiger partial charge in [0.1, 0.15) is 11.6 Å². The van der Waals surface area contributed by atoms with E-state index in [4.69, 9.17) is 4.74 Å². The van der Waals surface area contributed by atoms with Gasteiger partial charge in [-0.3, -0.25) is 4.79 Å². The lowest BCUT2D eigenvalue weighted by Gasteiger charge is -2.19. The van der Waals surface area contributed by atoms with Crippen LogP contribution >= 0.6 is 0 Å². The molecule has 0 atom stereocenters. The van der Waals surface area contributed by atoms with Crippen molar-refractivity contribution in [2.45, 2.75) is 46.0 Å². The van der Waals surface area contributed by atoms with Gasteiger partial charge in [-0.15, -0.1) is 0 Å². The monoisotopic (exact) mass is 343 g/mol. The van der Waals surface area contributed by atoms with Gasteiger partial charge in [0, 0.05) is 12.1 Å². The highest BCUT2D eigenvalue weighted by Gasteiger charge is 2.13. The van der Waals surface area contributed by atoms with Gasteiger partial charge in [-0.2, -0.15) is 0 Å². The predicted molar refractivity (Wildman–Crippen MR) is 99.6 cm³/mol. The SMILES string of the molecule is Cc1ccc(F)cc1NC(=O)CCCOc1ccc(C(C)(C)C)cc1. The zero-order chi connectivity index (χ0) is 18.4. The fourth-order valence-electron chi connectivity index (χ4n) is 2.42. The maximum absolute atomic E-state index is 13.2. The molecule has 1 amide bonds. The summed E-state index contributed by atoms with van der Waals surface area (Å²) in [5, 5.41) is 2.74. The Morgan fingerprint density at radius 3 is 2.44 bits per heavy atom. The Kier molecular flexibility index (Phi) is 6.18. The first-order valence-corrected chi connectivity index (χ1v) is 8.55. The first-order valence-electron chi connectivity index (χ1n) is 8.55. The van der Waals surface area contributed by atoms with E-state index in [1.807, 2.05) is 19.1 Å². The van der Waals surface area contributed by atoms with Crippen LogP contribution in [-0.4, -0.2) is 12.5 Å². The number of nitrogens with one attached hydrogen (secondary N) is 1. The van der Waals surface area contributed by atoms with Gasteiger partial charge in [-0.1, -0.05) is 39.0 Å². The molecule has 0 aliphatic carbocycles. The second kappa shape index (κ2) is 8.15. The van der Waals surface area contributed by atoms with Crippen LogP contribution < -0.4 is 10.1 Å². The topological polar surface area (TPSA) is 38.3 Å². The van der Waals surface area contributed by atoms with Crippen molar-refractivity contribution in [2.24, 2.45) is 0 Å². The third kappa shape index (κ3) is 5.89. The third-order valence-electron chi connectivity index (χ3n) is 4.01. The van der Waals surface area contributed by atoms with Gasteiger partial charge in [-0.25, -0.2) is 4.39 Å². The van der Waals surface area contributed by atoms with Gasteiger partial charge in [0.2, 0.25) is 5.91 Å². The van der Waals surface area contributed by atoms with Crippen molar-refractivity contribution in [3.63, 3.8) is 0 Å². The van der Waals surface area contributed by atoms with E-state index in [9.17, 15) is 9.18 Å². The highest BCUT2D eigenvalue weighted by molar-refractivity contribution is 5.91. The van der Waals surface area contributed by atoms with Gasteiger partial charge in [-0.05, 0) is 54.2 Å². The molecule has 0 unspecified atom stereocenters. The third-order valence-corrected chi connectivity index (χ3v) is 4.01. The molecule has 0 fully saturated rings. The molecule has 4 heteroatoms. The molecular formula is C21H26FNO2. The summed E-state index contributed by atoms with van der Waals surface area (Å²) in [6.07, 6.45) is 0.928. The lowest BCUT2D eigenvalue weighted by atomic mass is 9.87. The Balaban J connectivity index is 1.75. The maximum Gasteiger partial charge on any atom is 0.224 e. The van der Waals surface area contributed by atoms with Crippen LogP contribution in [0.2, 0.25) is 0 Å². The minimum atomic E-state index is -0.358. The van der Waals surface area contributed by atoms with Crippen molar-refractivity contribution in [1.82, 2.24) is 0 Å². The predicted octanol–water partition coefficient (Wildman–Crippen LogP) is 5.23. The number of amides is 1. The number of hydrogen-bond donors (Lipinski definition) is 1. The van der Waals surface area contributed by atoms with E-state index in [-0.39, 0.29) is 17.1 Å². The number of benzene rings is 2. The number of carbonyl (C=O) groups excluding carboxylic acids is 1. The number of aryl methyl sites for hydroxylation is 1. The van der Waals surface area contributed by atoms with E-state index < -0.39 is 0 Å². The van der Waals surface area contributed by atoms with Crippen LogP contribution in [0.25, 0.3) is 0 Å². The van der Waals surface area contributed by atoms with Gasteiger partial charge in [0.25, 0.3) is 0 Å². The van der Waals surface area contributed by atoms with E-state index in [0.717, 1.165) is 11.3 Å². The summed E-state index contributed by atoms with van der Waals surface area (Å²) in [4.78, 5) is 12.0. The molecule has 134 valence electrons. The van der Waals surface area contributed by atoms with E-state index in [1.54, 1.807) is 6.07 Å². The minimum Gasteiger partial charge on any atom is -0.494 e. The fourth-order valence-corrected chi connectivity index (χ4v) is 2.42. The number of hydrogen-bond acceptors (Lipinski definition) is 2. The number of rotatable bonds is 6. The van der Waals surface area contributed by atoms with Crippen molar-refractivity contribution in [3.05, 3.63) is 59.4 Å². The normalized spacial score (nSPS) is 11.2. The largest absolute Gasteiger partial charge is 0.494 e. The summed E-state index contributed by atoms with van der Waals surface area (Å²) in [5.41, 5.74) is 2.73. The van der Waals surface area contributed by atoms with Crippen molar-refractivity contribution in [3.8, 4) is 5.75 Å². The quantitative estimate of drug-likeness (QED) is 0.729. The molecule has 0 aromatic heterocycles. The van der Waals surface area contributed by atoms with Crippen LogP contribution in [-0.2, 0) is 10.2 Å². The molecule has 25 heavy (non-hydrogen) atoms. The summed E-state index contributed by atoms with van der Waals surface area (Å²) in [6.45, 7) is 8.80. The number of carbonyl (C=O) groups is 1. The molecule has 3 nitrogen and oxygen atoms in total. The Bertz CT molecular complexity index is 718. The molecule has 0 bridgehead atoms. The molecule has 0 spiro atoms. The molecule has 2 aromatic carbocycles. The Morgan fingerprint density at radius 2 is 1.80 bits per heavy atom. The second-order valence-corrected chi connectivity index (χ2v) is 7.23. The summed E-state index contributed by atoms with van der Waals surface area (Å²) in [7, 11) is 0. The number of anilines is 1. The highest BCUT2D eigenvalue weighted by Crippen LogP contribution is 2.24. The Morgan fingerprint density at radius 1 is 1.12 bits per heavy atom. The molecular weight excluding hydrogens is 317 g/mol. The van der Waals surface area contributed by atoms with Crippen LogP contribution in [0.3, 0.4) is 0 Å². The smallest absolute Gasteiger partial charge is 0.224 e. The van der Waals surface area contributed by atoms with Gasteiger partial charge < -0.3 is 10.1 Å². The first-order chi connectivity index (χ1) is 11.8. The van der Waals surface area contributed by atoms with Gasteiger partial charge in [0.05, 0.1) is 6.61 Å². The van der Waals surface area contributed by atoms with Crippen LogP contribution in [0, 0.1) is 12.7 Å². The molecule has 1 N–H and O–H groups in total. The van der Waals surface area contributed by atoms with Crippen LogP contribution in [0.4, 0.5) is 10.1 Å². The minimum absolute atomic E-state index is 0.117. The molecule has 0 radical (unpaired) electrons. The lowest BCUT2D eigenvalue weighted by Crippen LogP contribution is -2.14. The molecule has 0 aliphatic rings. The fraction of sp³-hybridized carbons (Fsp3) is 0.381. The Hall–Kier alpha value is -2.36. The zero-order valence-electron chi connectivity index (χ0n) is 15.4. The lowest BCUT2D eigenvalue weighted by molar-refractivity contribution is -0.116. The molecule has 0 aliphatic heterocycles. The average molecular weight is 343 g/mol. The highest BCUT2D eigenvalue weighted by atomic mass is 19.1. The van der Waals surface area contributed by atoms with Crippen molar-refractivity contribution < 1.29 is 13.9 Å². The van der Waals surface area contributed by atoms with E-state index in [1.165, 1.54) is 17.7 Å². The Labute approximate surface area is 149 Å². The standard InChI is InChI=1S/C21H26FNO2/c1-15-7-10-17(22)14-19(15)23-20(24)6-5-13-25-18-11-8-16(9-12-18)21(2,3)4/h7-12,14H,5-6,13H2,1-4H3,(H,23,24). The molecule has 2 rings (SSSR count). The second-order valence-electron chi connectivity index (χ2n) is 7.23. The molecule has 2 aromatic rings. The van der Waals surface area contributed by atoms with E-state index in [2.05, 4.69) is 38.2 Å². The number of ether oxygens (including phenoxy) is 1. The van der Waals surface area contributed by atoms with Crippen molar-refractivity contribution in [2.75, 3.05) is 11.9 Å². The first kappa shape index (κ1) is 19.0. The average Bonchev–Trinajstić information content (AvgIpc) is 2.55. The van der Waals surface area contributed by atoms with E-state index >= 15 is 0 Å². The van der Waals surface area contributed by atoms with Crippen LogP contribution in [0.5, 0.6) is 5.75 Å². The van der Waals surface area contributed by atoms with Gasteiger partial charge >= 0.3 is 0 Å². The maximum atomic E-state index is 13.2. The summed E-state index contributed by atoms with van der Waals surface area (Å²) < 4.78 is 18.9. The molecule has 0 saturated heterocycles. The van der Waals surface area contributed by atoms with Crippen molar-refractivity contribution >= 4 is 11.6 Å². The van der Waals surface area contributed by atoms with Crippen LogP contribution in [0.1, 0.15) is 44.7 Å². The summed E-state index contributed by atoms with van der Waals surface area (Å²) >= 11 is 0. The molecule has 0 heterocycles. The molecule has 0 saturated carbocycles. The van der Waals surface area contributed by atoms with Crippen LogP contribution in [0.15, 0.2) is 42.5 Å². The van der Waals surface area contributed by atoms with E-state index in [0.29, 0.717) is 25.1 Å². The van der Waals surface area contributed by atoms with Crippen molar-refractivity contribution in [1.29, 1.82) is 0 Å².